The third kappa shape index (κ3) is 6.77. The van der Waals surface area contributed by atoms with Gasteiger partial charge in [0.1, 0.15) is 0 Å². The number of carbonyl (C=O) groups is 3. The Morgan fingerprint density at radius 1 is 0.939 bits per heavy atom. The summed E-state index contributed by atoms with van der Waals surface area (Å²) in [6.07, 6.45) is -1.74. The van der Waals surface area contributed by atoms with Crippen LogP contribution >= 0.6 is 0 Å². The molecule has 0 radical (unpaired) electrons. The summed E-state index contributed by atoms with van der Waals surface area (Å²) in [7, 11) is -1.67. The first kappa shape index (κ1) is 25.3. The highest BCUT2D eigenvalue weighted by molar-refractivity contribution is 7.91. The SMILES string of the molecule is CCC(=O)Nc1cc(S(=O)(=O)c2cccc(C)c2)ccc1N=C(NC(=O)OC)NC(=O)OC. The fourth-order valence-electron chi connectivity index (χ4n) is 2.54. The van der Waals surface area contributed by atoms with Crippen LogP contribution in [0.3, 0.4) is 0 Å². The van der Waals surface area contributed by atoms with Gasteiger partial charge in [0.05, 0.1) is 35.4 Å². The molecule has 33 heavy (non-hydrogen) atoms. The van der Waals surface area contributed by atoms with E-state index >= 15 is 0 Å². The maximum Gasteiger partial charge on any atom is 0.413 e. The van der Waals surface area contributed by atoms with Crippen molar-refractivity contribution < 1.29 is 32.3 Å². The number of methoxy groups -OCH3 is 2. The van der Waals surface area contributed by atoms with Gasteiger partial charge in [-0.15, -0.1) is 0 Å². The first-order valence-corrected chi connectivity index (χ1v) is 11.1. The zero-order chi connectivity index (χ0) is 24.6. The van der Waals surface area contributed by atoms with Crippen LogP contribution in [0.4, 0.5) is 21.0 Å². The maximum absolute atomic E-state index is 13.1. The van der Waals surface area contributed by atoms with Gasteiger partial charge in [0.2, 0.25) is 21.7 Å². The normalized spacial score (nSPS) is 10.5. The van der Waals surface area contributed by atoms with Crippen LogP contribution in [0.15, 0.2) is 57.2 Å². The number of hydrogen-bond donors (Lipinski definition) is 3. The van der Waals surface area contributed by atoms with Gasteiger partial charge in [0, 0.05) is 6.42 Å². The molecule has 0 unspecified atom stereocenters. The third-order valence-electron chi connectivity index (χ3n) is 4.22. The third-order valence-corrected chi connectivity index (χ3v) is 5.97. The van der Waals surface area contributed by atoms with Crippen LogP contribution in [0.2, 0.25) is 0 Å². The van der Waals surface area contributed by atoms with Crippen molar-refractivity contribution >= 4 is 45.3 Å². The van der Waals surface area contributed by atoms with Crippen molar-refractivity contribution in [1.29, 1.82) is 0 Å². The lowest BCUT2D eigenvalue weighted by Crippen LogP contribution is -2.43. The minimum Gasteiger partial charge on any atom is -0.453 e. The molecule has 2 aromatic carbocycles. The molecule has 0 saturated heterocycles. The lowest BCUT2D eigenvalue weighted by atomic mass is 10.2. The second-order valence-electron chi connectivity index (χ2n) is 6.59. The molecule has 0 aliphatic rings. The van der Waals surface area contributed by atoms with E-state index in [1.807, 2.05) is 0 Å². The summed E-state index contributed by atoms with van der Waals surface area (Å²) < 4.78 is 35.2. The molecule has 11 nitrogen and oxygen atoms in total. The van der Waals surface area contributed by atoms with Crippen molar-refractivity contribution in [3.63, 3.8) is 0 Å². The van der Waals surface area contributed by atoms with Crippen LogP contribution in [-0.4, -0.2) is 46.7 Å². The van der Waals surface area contributed by atoms with Crippen LogP contribution in [-0.2, 0) is 24.1 Å². The molecule has 0 fully saturated rings. The lowest BCUT2D eigenvalue weighted by molar-refractivity contribution is -0.115. The van der Waals surface area contributed by atoms with Gasteiger partial charge >= 0.3 is 12.2 Å². The fourth-order valence-corrected chi connectivity index (χ4v) is 3.93. The van der Waals surface area contributed by atoms with Gasteiger partial charge in [-0.1, -0.05) is 19.1 Å². The average molecular weight is 477 g/mol. The quantitative estimate of drug-likeness (QED) is 0.443. The molecule has 0 aromatic heterocycles. The minimum absolute atomic E-state index is 0.0476. The smallest absolute Gasteiger partial charge is 0.413 e. The number of nitrogens with zero attached hydrogens (tertiary/aromatic N) is 1. The maximum atomic E-state index is 13.1. The van der Waals surface area contributed by atoms with E-state index < -0.39 is 27.9 Å². The van der Waals surface area contributed by atoms with Crippen LogP contribution in [0.25, 0.3) is 0 Å². The number of nitrogens with one attached hydrogen (secondary N) is 3. The van der Waals surface area contributed by atoms with Crippen molar-refractivity contribution in [1.82, 2.24) is 10.6 Å². The molecule has 3 N–H and O–H groups in total. The number of aryl methyl sites for hydroxylation is 1. The first-order chi connectivity index (χ1) is 15.6. The zero-order valence-electron chi connectivity index (χ0n) is 18.5. The highest BCUT2D eigenvalue weighted by Gasteiger charge is 2.20. The number of carbonyl (C=O) groups excluding carboxylic acids is 3. The molecule has 0 aliphatic carbocycles. The van der Waals surface area contributed by atoms with Crippen LogP contribution in [0.5, 0.6) is 0 Å². The second kappa shape index (κ2) is 11.1. The Labute approximate surface area is 191 Å². The zero-order valence-corrected chi connectivity index (χ0v) is 19.3. The largest absolute Gasteiger partial charge is 0.453 e. The van der Waals surface area contributed by atoms with Crippen molar-refractivity contribution in [2.24, 2.45) is 4.99 Å². The van der Waals surface area contributed by atoms with Gasteiger partial charge in [-0.25, -0.2) is 23.0 Å². The average Bonchev–Trinajstić information content (AvgIpc) is 2.79. The molecule has 2 rings (SSSR count). The molecule has 3 amide bonds. The van der Waals surface area contributed by atoms with E-state index in [9.17, 15) is 22.8 Å². The molecule has 2 aromatic rings. The molecule has 176 valence electrons. The number of alkyl carbamates (subject to hydrolysis) is 2. The van der Waals surface area contributed by atoms with Gasteiger partial charge in [0.25, 0.3) is 0 Å². The number of anilines is 1. The monoisotopic (exact) mass is 476 g/mol. The van der Waals surface area contributed by atoms with Crippen LogP contribution in [0, 0.1) is 6.92 Å². The molecule has 0 aliphatic heterocycles. The van der Waals surface area contributed by atoms with Crippen molar-refractivity contribution in [2.45, 2.75) is 30.1 Å². The van der Waals surface area contributed by atoms with Gasteiger partial charge in [-0.2, -0.15) is 0 Å². The lowest BCUT2D eigenvalue weighted by Gasteiger charge is -2.13. The van der Waals surface area contributed by atoms with Crippen LogP contribution in [0.1, 0.15) is 18.9 Å². The van der Waals surface area contributed by atoms with E-state index in [4.69, 9.17) is 0 Å². The number of aliphatic imine (C=N–C) groups is 1. The van der Waals surface area contributed by atoms with E-state index in [0.29, 0.717) is 0 Å². The summed E-state index contributed by atoms with van der Waals surface area (Å²) in [5, 5.41) is 6.97. The van der Waals surface area contributed by atoms with Crippen LogP contribution < -0.4 is 16.0 Å². The summed E-state index contributed by atoms with van der Waals surface area (Å²) in [6, 6.07) is 10.3. The number of ether oxygens (including phenoxy) is 2. The van der Waals surface area contributed by atoms with Gasteiger partial charge < -0.3 is 14.8 Å². The highest BCUT2D eigenvalue weighted by Crippen LogP contribution is 2.31. The van der Waals surface area contributed by atoms with E-state index in [2.05, 4.69) is 30.4 Å². The molecular formula is C21H24N4O7S. The van der Waals surface area contributed by atoms with E-state index in [-0.39, 0.29) is 33.5 Å². The molecule has 0 bridgehead atoms. The number of benzene rings is 2. The molecule has 12 heteroatoms. The Kier molecular flexibility index (Phi) is 8.51. The standard InChI is InChI=1S/C21H24N4O7S/c1-5-18(26)22-17-12-15(33(29,30)14-8-6-7-13(2)11-14)9-10-16(17)23-19(24-20(27)31-3)25-21(28)32-4/h6-12H,5H2,1-4H3,(H,22,26)(H2,23,24,25,27,28). The predicted molar refractivity (Wildman–Crippen MR) is 120 cm³/mol. The summed E-state index contributed by atoms with van der Waals surface area (Å²) in [5.41, 5.74) is 0.874. The van der Waals surface area contributed by atoms with E-state index in [0.717, 1.165) is 19.8 Å². The summed E-state index contributed by atoms with van der Waals surface area (Å²) in [6.45, 7) is 3.39. The summed E-state index contributed by atoms with van der Waals surface area (Å²) in [4.78, 5) is 39.4. The minimum atomic E-state index is -3.90. The molecule has 0 atom stereocenters. The Balaban J connectivity index is 2.59. The molecule has 0 spiro atoms. The molecule has 0 heterocycles. The number of rotatable bonds is 5. The van der Waals surface area contributed by atoms with Gasteiger partial charge in [0.15, 0.2) is 0 Å². The topological polar surface area (TPSA) is 152 Å². The van der Waals surface area contributed by atoms with Crippen molar-refractivity contribution in [3.05, 3.63) is 48.0 Å². The van der Waals surface area contributed by atoms with E-state index in [1.165, 1.54) is 30.3 Å². The van der Waals surface area contributed by atoms with Crippen molar-refractivity contribution in [3.8, 4) is 0 Å². The van der Waals surface area contributed by atoms with Gasteiger partial charge in [-0.05, 0) is 42.8 Å². The Bertz CT molecular complexity index is 1170. The number of sulfone groups is 1. The Morgan fingerprint density at radius 3 is 2.09 bits per heavy atom. The first-order valence-electron chi connectivity index (χ1n) is 9.65. The Hall–Kier alpha value is -3.93. The molecule has 0 saturated carbocycles. The fraction of sp³-hybridized carbons (Fsp3) is 0.238. The molecular weight excluding hydrogens is 452 g/mol. The number of guanidine groups is 1. The Morgan fingerprint density at radius 2 is 1.55 bits per heavy atom. The summed E-state index contributed by atoms with van der Waals surface area (Å²) >= 11 is 0. The van der Waals surface area contributed by atoms with Crippen molar-refractivity contribution in [2.75, 3.05) is 19.5 Å². The highest BCUT2D eigenvalue weighted by atomic mass is 32.2. The van der Waals surface area contributed by atoms with E-state index in [1.54, 1.807) is 26.0 Å². The van der Waals surface area contributed by atoms with Gasteiger partial charge in [-0.3, -0.25) is 15.4 Å². The summed E-state index contributed by atoms with van der Waals surface area (Å²) in [5.74, 6) is -0.769. The predicted octanol–water partition coefficient (Wildman–Crippen LogP) is 2.88. The number of hydrogen-bond acceptors (Lipinski definition) is 8. The second-order valence-corrected chi connectivity index (χ2v) is 8.54. The number of amides is 3.